The number of nitrogens with zero attached hydrogens (tertiary/aromatic N) is 2. The molecule has 2 unspecified atom stereocenters. The molecule has 0 radical (unpaired) electrons. The van der Waals surface area contributed by atoms with Crippen molar-refractivity contribution in [2.45, 2.75) is 57.1 Å². The SMILES string of the molecule is CCNC(C)C(C)Sc1n[nH]c(=O)n1C(C)C. The zero-order valence-corrected chi connectivity index (χ0v) is 12.0. The van der Waals surface area contributed by atoms with Crippen LogP contribution in [0.3, 0.4) is 0 Å². The van der Waals surface area contributed by atoms with Gasteiger partial charge in [-0.1, -0.05) is 25.6 Å². The van der Waals surface area contributed by atoms with E-state index in [0.717, 1.165) is 11.7 Å². The quantitative estimate of drug-likeness (QED) is 0.761. The second kappa shape index (κ2) is 6.26. The van der Waals surface area contributed by atoms with Gasteiger partial charge in [-0.2, -0.15) is 0 Å². The van der Waals surface area contributed by atoms with Gasteiger partial charge in [-0.05, 0) is 27.3 Å². The Balaban J connectivity index is 2.78. The molecule has 0 amide bonds. The maximum atomic E-state index is 11.6. The first-order valence-corrected chi connectivity index (χ1v) is 6.92. The third-order valence-electron chi connectivity index (χ3n) is 2.71. The molecule has 1 aromatic rings. The highest BCUT2D eigenvalue weighted by atomic mass is 32.2. The molecule has 0 fully saturated rings. The fourth-order valence-electron chi connectivity index (χ4n) is 1.59. The van der Waals surface area contributed by atoms with E-state index in [-0.39, 0.29) is 11.7 Å². The number of rotatable bonds is 6. The minimum atomic E-state index is -0.134. The Morgan fingerprint density at radius 3 is 2.59 bits per heavy atom. The summed E-state index contributed by atoms with van der Waals surface area (Å²) in [4.78, 5) is 11.6. The van der Waals surface area contributed by atoms with E-state index in [1.165, 1.54) is 0 Å². The Labute approximate surface area is 106 Å². The summed E-state index contributed by atoms with van der Waals surface area (Å²) in [7, 11) is 0. The zero-order chi connectivity index (χ0) is 13.0. The second-order valence-electron chi connectivity index (χ2n) is 4.44. The van der Waals surface area contributed by atoms with E-state index in [4.69, 9.17) is 0 Å². The molecule has 1 rings (SSSR count). The van der Waals surface area contributed by atoms with Crippen molar-refractivity contribution in [2.24, 2.45) is 0 Å². The largest absolute Gasteiger partial charge is 0.344 e. The highest BCUT2D eigenvalue weighted by molar-refractivity contribution is 7.99. The van der Waals surface area contributed by atoms with Gasteiger partial charge in [-0.25, -0.2) is 9.89 Å². The Hall–Kier alpha value is -0.750. The van der Waals surface area contributed by atoms with E-state index in [1.807, 2.05) is 13.8 Å². The summed E-state index contributed by atoms with van der Waals surface area (Å²) < 4.78 is 1.69. The van der Waals surface area contributed by atoms with Gasteiger partial charge >= 0.3 is 5.69 Å². The van der Waals surface area contributed by atoms with Gasteiger partial charge in [-0.15, -0.1) is 5.10 Å². The van der Waals surface area contributed by atoms with E-state index in [9.17, 15) is 4.79 Å². The summed E-state index contributed by atoms with van der Waals surface area (Å²) >= 11 is 1.63. The molecular formula is C11H22N4OS. The molecule has 2 atom stereocenters. The summed E-state index contributed by atoms with van der Waals surface area (Å²) in [6.07, 6.45) is 0. The predicted molar refractivity (Wildman–Crippen MR) is 71.7 cm³/mol. The summed E-state index contributed by atoms with van der Waals surface area (Å²) in [6, 6.07) is 0.516. The van der Waals surface area contributed by atoms with Gasteiger partial charge in [0.05, 0.1) is 0 Å². The van der Waals surface area contributed by atoms with Crippen LogP contribution < -0.4 is 11.0 Å². The molecule has 0 aliphatic heterocycles. The third kappa shape index (κ3) is 3.61. The van der Waals surface area contributed by atoms with Crippen LogP contribution in [-0.2, 0) is 0 Å². The van der Waals surface area contributed by atoms with Crippen molar-refractivity contribution in [3.05, 3.63) is 10.5 Å². The molecule has 0 bridgehead atoms. The van der Waals surface area contributed by atoms with Crippen LogP contribution in [0.25, 0.3) is 0 Å². The smallest absolute Gasteiger partial charge is 0.313 e. The summed E-state index contributed by atoms with van der Waals surface area (Å²) in [5, 5.41) is 11.1. The van der Waals surface area contributed by atoms with E-state index in [1.54, 1.807) is 16.3 Å². The molecule has 1 aromatic heterocycles. The zero-order valence-electron chi connectivity index (χ0n) is 11.2. The first kappa shape index (κ1) is 14.3. The first-order chi connectivity index (χ1) is 7.97. The fraction of sp³-hybridized carbons (Fsp3) is 0.818. The Kier molecular flexibility index (Phi) is 5.27. The highest BCUT2D eigenvalue weighted by Gasteiger charge is 2.18. The lowest BCUT2D eigenvalue weighted by atomic mass is 10.2. The van der Waals surface area contributed by atoms with Gasteiger partial charge in [0.2, 0.25) is 0 Å². The van der Waals surface area contributed by atoms with E-state index >= 15 is 0 Å². The molecule has 6 heteroatoms. The lowest BCUT2D eigenvalue weighted by Crippen LogP contribution is -2.34. The molecule has 1 heterocycles. The Morgan fingerprint density at radius 2 is 2.06 bits per heavy atom. The summed E-state index contributed by atoms with van der Waals surface area (Å²) in [5.41, 5.74) is -0.134. The Bertz CT molecular complexity index is 398. The molecule has 0 aliphatic carbocycles. The molecule has 0 aromatic carbocycles. The number of aromatic nitrogens is 3. The molecule has 98 valence electrons. The number of nitrogens with one attached hydrogen (secondary N) is 2. The second-order valence-corrected chi connectivity index (χ2v) is 5.79. The van der Waals surface area contributed by atoms with Crippen molar-refractivity contribution >= 4 is 11.8 Å². The number of H-pyrrole nitrogens is 1. The van der Waals surface area contributed by atoms with E-state index in [2.05, 4.69) is 36.3 Å². The predicted octanol–water partition coefficient (Wildman–Crippen LogP) is 1.63. The molecule has 17 heavy (non-hydrogen) atoms. The van der Waals surface area contributed by atoms with Crippen LogP contribution in [0.1, 0.15) is 40.7 Å². The van der Waals surface area contributed by atoms with Crippen molar-refractivity contribution in [1.82, 2.24) is 20.1 Å². The van der Waals surface area contributed by atoms with Crippen LogP contribution in [0.4, 0.5) is 0 Å². The Morgan fingerprint density at radius 1 is 1.41 bits per heavy atom. The van der Waals surface area contributed by atoms with Gasteiger partial charge in [0, 0.05) is 17.3 Å². The van der Waals surface area contributed by atoms with Crippen molar-refractivity contribution in [3.63, 3.8) is 0 Å². The minimum absolute atomic E-state index is 0.130. The van der Waals surface area contributed by atoms with Crippen LogP contribution in [0.5, 0.6) is 0 Å². The van der Waals surface area contributed by atoms with Crippen molar-refractivity contribution in [3.8, 4) is 0 Å². The van der Waals surface area contributed by atoms with Crippen LogP contribution in [0, 0.1) is 0 Å². The average Bonchev–Trinajstić information content (AvgIpc) is 2.60. The number of thioether (sulfide) groups is 1. The maximum absolute atomic E-state index is 11.6. The summed E-state index contributed by atoms with van der Waals surface area (Å²) in [5.74, 6) is 0. The van der Waals surface area contributed by atoms with Crippen LogP contribution in [0.15, 0.2) is 9.95 Å². The molecule has 0 aliphatic rings. The molecule has 5 nitrogen and oxygen atoms in total. The van der Waals surface area contributed by atoms with Crippen LogP contribution >= 0.6 is 11.8 Å². The number of hydrogen-bond acceptors (Lipinski definition) is 4. The van der Waals surface area contributed by atoms with Crippen molar-refractivity contribution in [2.75, 3.05) is 6.54 Å². The van der Waals surface area contributed by atoms with Gasteiger partial charge in [-0.3, -0.25) is 4.57 Å². The highest BCUT2D eigenvalue weighted by Crippen LogP contribution is 2.23. The third-order valence-corrected chi connectivity index (χ3v) is 3.99. The molecule has 2 N–H and O–H groups in total. The van der Waals surface area contributed by atoms with Crippen molar-refractivity contribution < 1.29 is 0 Å². The number of hydrogen-bond donors (Lipinski definition) is 2. The van der Waals surface area contributed by atoms with Gasteiger partial charge < -0.3 is 5.32 Å². The summed E-state index contributed by atoms with van der Waals surface area (Å²) in [6.45, 7) is 11.3. The standard InChI is InChI=1S/C11H22N4OS/c1-6-12-8(4)9(5)17-11-14-13-10(16)15(11)7(2)3/h7-9,12H,6H2,1-5H3,(H,13,16). The van der Waals surface area contributed by atoms with Crippen LogP contribution in [0.2, 0.25) is 0 Å². The fourth-order valence-corrected chi connectivity index (χ4v) is 2.72. The lowest BCUT2D eigenvalue weighted by Gasteiger charge is -2.20. The monoisotopic (exact) mass is 258 g/mol. The van der Waals surface area contributed by atoms with E-state index < -0.39 is 0 Å². The normalized spacial score (nSPS) is 15.2. The van der Waals surface area contributed by atoms with E-state index in [0.29, 0.717) is 11.3 Å². The molecule has 0 spiro atoms. The number of aromatic amines is 1. The average molecular weight is 258 g/mol. The first-order valence-electron chi connectivity index (χ1n) is 6.04. The topological polar surface area (TPSA) is 62.7 Å². The molecule has 0 saturated carbocycles. The maximum Gasteiger partial charge on any atom is 0.344 e. The van der Waals surface area contributed by atoms with Gasteiger partial charge in [0.15, 0.2) is 5.16 Å². The lowest BCUT2D eigenvalue weighted by molar-refractivity contribution is 0.528. The van der Waals surface area contributed by atoms with Crippen LogP contribution in [-0.4, -0.2) is 32.6 Å². The van der Waals surface area contributed by atoms with Gasteiger partial charge in [0.25, 0.3) is 0 Å². The van der Waals surface area contributed by atoms with Gasteiger partial charge in [0.1, 0.15) is 0 Å². The molecular weight excluding hydrogens is 236 g/mol. The van der Waals surface area contributed by atoms with Crippen molar-refractivity contribution in [1.29, 1.82) is 0 Å². The minimum Gasteiger partial charge on any atom is -0.313 e. The molecule has 0 saturated heterocycles.